The Morgan fingerprint density at radius 1 is 0.943 bits per heavy atom. The maximum atomic E-state index is 10.6. The summed E-state index contributed by atoms with van der Waals surface area (Å²) in [5.41, 5.74) is 3.92. The number of rotatable bonds is 6. The van der Waals surface area contributed by atoms with Crippen molar-refractivity contribution in [2.24, 2.45) is 4.99 Å². The molecule has 0 radical (unpaired) electrons. The third-order valence-electron chi connectivity index (χ3n) is 7.15. The van der Waals surface area contributed by atoms with Gasteiger partial charge in [0.25, 0.3) is 0 Å². The Labute approximate surface area is 207 Å². The molecule has 0 saturated carbocycles. The number of phenols is 1. The van der Waals surface area contributed by atoms with Crippen molar-refractivity contribution in [3.05, 3.63) is 89.5 Å². The molecule has 2 N–H and O–H groups in total. The molecular formula is C29H33N3O3. The van der Waals surface area contributed by atoms with Crippen LogP contribution in [0.25, 0.3) is 0 Å². The maximum Gasteiger partial charge on any atom is 0.161 e. The summed E-state index contributed by atoms with van der Waals surface area (Å²) in [6.45, 7) is 2.86. The van der Waals surface area contributed by atoms with E-state index >= 15 is 0 Å². The number of benzene rings is 3. The molecule has 0 unspecified atom stereocenters. The fourth-order valence-electron chi connectivity index (χ4n) is 5.25. The smallest absolute Gasteiger partial charge is 0.161 e. The van der Waals surface area contributed by atoms with Crippen molar-refractivity contribution in [1.82, 2.24) is 10.2 Å². The average Bonchev–Trinajstić information content (AvgIpc) is 2.90. The summed E-state index contributed by atoms with van der Waals surface area (Å²) in [5, 5.41) is 14.5. The summed E-state index contributed by atoms with van der Waals surface area (Å²) >= 11 is 0. The molecule has 1 spiro atoms. The third kappa shape index (κ3) is 5.04. The van der Waals surface area contributed by atoms with Crippen LogP contribution in [0.2, 0.25) is 0 Å². The van der Waals surface area contributed by atoms with Crippen LogP contribution in [0.4, 0.5) is 0 Å². The molecule has 1 atom stereocenters. The van der Waals surface area contributed by atoms with E-state index in [1.54, 1.807) is 20.3 Å². The second kappa shape index (κ2) is 10.1. The summed E-state index contributed by atoms with van der Waals surface area (Å²) in [6, 6.07) is 24.2. The predicted molar refractivity (Wildman–Crippen MR) is 138 cm³/mol. The number of nitrogens with one attached hydrogen (secondary N) is 1. The maximum absolute atomic E-state index is 10.6. The molecule has 5 rings (SSSR count). The van der Waals surface area contributed by atoms with Gasteiger partial charge in [0.2, 0.25) is 0 Å². The van der Waals surface area contributed by atoms with Gasteiger partial charge >= 0.3 is 0 Å². The first-order valence-corrected chi connectivity index (χ1v) is 12.2. The number of aliphatic imine (C=N–C) groups is 1. The summed E-state index contributed by atoms with van der Waals surface area (Å²) in [6.07, 6.45) is 2.49. The van der Waals surface area contributed by atoms with Crippen molar-refractivity contribution < 1.29 is 14.6 Å². The molecule has 182 valence electrons. The van der Waals surface area contributed by atoms with E-state index in [4.69, 9.17) is 14.5 Å². The molecule has 3 aromatic carbocycles. The summed E-state index contributed by atoms with van der Waals surface area (Å²) in [4.78, 5) is 7.82. The molecule has 2 aliphatic rings. The Balaban J connectivity index is 1.44. The zero-order valence-corrected chi connectivity index (χ0v) is 20.4. The molecule has 2 heterocycles. The number of nitrogens with zero attached hydrogens (tertiary/aromatic N) is 2. The molecule has 0 aliphatic carbocycles. The number of likely N-dealkylation sites (tertiary alicyclic amines) is 1. The van der Waals surface area contributed by atoms with E-state index in [1.807, 2.05) is 36.4 Å². The number of hydrogen-bond donors (Lipinski definition) is 2. The monoisotopic (exact) mass is 471 g/mol. The molecule has 6 nitrogen and oxygen atoms in total. The second-order valence-corrected chi connectivity index (χ2v) is 9.38. The summed E-state index contributed by atoms with van der Waals surface area (Å²) in [5.74, 6) is 1.71. The number of para-hydroxylation sites is 1. The highest BCUT2D eigenvalue weighted by Gasteiger charge is 2.40. The van der Waals surface area contributed by atoms with E-state index in [0.717, 1.165) is 49.3 Å². The van der Waals surface area contributed by atoms with E-state index in [9.17, 15) is 5.11 Å². The first kappa shape index (κ1) is 23.4. The van der Waals surface area contributed by atoms with Crippen molar-refractivity contribution in [3.63, 3.8) is 0 Å². The molecule has 0 aromatic heterocycles. The molecule has 2 aliphatic heterocycles. The third-order valence-corrected chi connectivity index (χ3v) is 7.15. The Hall–Kier alpha value is -3.35. The van der Waals surface area contributed by atoms with Gasteiger partial charge in [-0.1, -0.05) is 48.5 Å². The number of ether oxygens (including phenoxy) is 2. The zero-order valence-electron chi connectivity index (χ0n) is 20.4. The lowest BCUT2D eigenvalue weighted by molar-refractivity contribution is 0.119. The van der Waals surface area contributed by atoms with E-state index in [2.05, 4.69) is 40.5 Å². The minimum Gasteiger partial charge on any atom is -0.508 e. The molecule has 0 amide bonds. The van der Waals surface area contributed by atoms with E-state index in [-0.39, 0.29) is 11.7 Å². The first-order chi connectivity index (χ1) is 17.1. The van der Waals surface area contributed by atoms with Crippen molar-refractivity contribution in [3.8, 4) is 17.2 Å². The normalized spacial score (nSPS) is 19.8. The highest BCUT2D eigenvalue weighted by molar-refractivity contribution is 6.02. The second-order valence-electron chi connectivity index (χ2n) is 9.38. The number of hydrogen-bond acceptors (Lipinski definition) is 6. The molecule has 6 heteroatoms. The van der Waals surface area contributed by atoms with Crippen molar-refractivity contribution in [2.45, 2.75) is 37.5 Å². The van der Waals surface area contributed by atoms with Crippen LogP contribution in [-0.2, 0) is 6.54 Å². The van der Waals surface area contributed by atoms with Gasteiger partial charge in [-0.2, -0.15) is 0 Å². The molecule has 35 heavy (non-hydrogen) atoms. The topological polar surface area (TPSA) is 66.3 Å². The van der Waals surface area contributed by atoms with Gasteiger partial charge in [-0.25, -0.2) is 0 Å². The molecule has 1 saturated heterocycles. The number of methoxy groups -OCH3 is 2. The first-order valence-electron chi connectivity index (χ1n) is 12.2. The van der Waals surface area contributed by atoms with Crippen molar-refractivity contribution >= 4 is 5.71 Å². The van der Waals surface area contributed by atoms with Crippen LogP contribution in [0.1, 0.15) is 42.0 Å². The van der Waals surface area contributed by atoms with Crippen molar-refractivity contribution in [2.75, 3.05) is 27.3 Å². The van der Waals surface area contributed by atoms with Gasteiger partial charge in [0.1, 0.15) is 11.4 Å². The number of aromatic hydroxyl groups is 1. The van der Waals surface area contributed by atoms with Crippen LogP contribution >= 0.6 is 0 Å². The van der Waals surface area contributed by atoms with Gasteiger partial charge in [0.15, 0.2) is 11.5 Å². The lowest BCUT2D eigenvalue weighted by atomic mass is 9.87. The Kier molecular flexibility index (Phi) is 6.75. The fourth-order valence-corrected chi connectivity index (χ4v) is 5.25. The minimum absolute atomic E-state index is 0.0301. The van der Waals surface area contributed by atoms with Gasteiger partial charge in [0, 0.05) is 43.4 Å². The number of phenolic OH excluding ortho intramolecular Hbond substituents is 1. The summed E-state index contributed by atoms with van der Waals surface area (Å²) < 4.78 is 11.0. The SMILES string of the molecule is COc1ccc(C2=NC3(CCN(Cc4ccccc4)CC3)N[C@@H](c3ccccc3O)C2)cc1OC. The number of piperidine rings is 1. The van der Waals surface area contributed by atoms with Crippen molar-refractivity contribution in [1.29, 1.82) is 0 Å². The van der Waals surface area contributed by atoms with E-state index < -0.39 is 0 Å². The Morgan fingerprint density at radius 2 is 1.66 bits per heavy atom. The molecule has 0 bridgehead atoms. The molecule has 1 fully saturated rings. The van der Waals surface area contributed by atoms with Crippen LogP contribution in [0.5, 0.6) is 17.2 Å². The van der Waals surface area contributed by atoms with Gasteiger partial charge in [0.05, 0.1) is 14.2 Å². The van der Waals surface area contributed by atoms with Crippen LogP contribution in [-0.4, -0.2) is 48.7 Å². The van der Waals surface area contributed by atoms with E-state index in [0.29, 0.717) is 23.7 Å². The Morgan fingerprint density at radius 3 is 2.37 bits per heavy atom. The highest BCUT2D eigenvalue weighted by Crippen LogP contribution is 2.38. The molecule has 3 aromatic rings. The van der Waals surface area contributed by atoms with Gasteiger partial charge < -0.3 is 14.6 Å². The quantitative estimate of drug-likeness (QED) is 0.534. The molecular weight excluding hydrogens is 438 g/mol. The Bertz CT molecular complexity index is 1190. The van der Waals surface area contributed by atoms with Gasteiger partial charge in [-0.05, 0) is 48.2 Å². The van der Waals surface area contributed by atoms with Crippen LogP contribution in [0.15, 0.2) is 77.8 Å². The van der Waals surface area contributed by atoms with Crippen LogP contribution < -0.4 is 14.8 Å². The fraction of sp³-hybridized carbons (Fsp3) is 0.345. The predicted octanol–water partition coefficient (Wildman–Crippen LogP) is 4.93. The van der Waals surface area contributed by atoms with Gasteiger partial charge in [-0.15, -0.1) is 0 Å². The standard InChI is InChI=1S/C29H33N3O3/c1-34-27-13-12-22(18-28(27)35-2)24-19-25(23-10-6-7-11-26(23)33)31-29(30-24)14-16-32(17-15-29)20-21-8-4-3-5-9-21/h3-13,18,25,31,33H,14-17,19-20H2,1-2H3/t25-/m1/s1. The van der Waals surface area contributed by atoms with Crippen LogP contribution in [0, 0.1) is 0 Å². The lowest BCUT2D eigenvalue weighted by Crippen LogP contribution is -2.55. The summed E-state index contributed by atoms with van der Waals surface area (Å²) in [7, 11) is 3.30. The average molecular weight is 472 g/mol. The lowest BCUT2D eigenvalue weighted by Gasteiger charge is -2.45. The van der Waals surface area contributed by atoms with Gasteiger partial charge in [-0.3, -0.25) is 15.2 Å². The highest BCUT2D eigenvalue weighted by atomic mass is 16.5. The largest absolute Gasteiger partial charge is 0.508 e. The van der Waals surface area contributed by atoms with E-state index in [1.165, 1.54) is 5.56 Å². The zero-order chi connectivity index (χ0) is 24.3. The minimum atomic E-state index is -0.374. The van der Waals surface area contributed by atoms with Crippen LogP contribution in [0.3, 0.4) is 0 Å².